The zero-order valence-corrected chi connectivity index (χ0v) is 11.5. The van der Waals surface area contributed by atoms with E-state index in [4.69, 9.17) is 11.6 Å². The molecule has 19 heavy (non-hydrogen) atoms. The number of fused-ring (bicyclic) bond motifs is 1. The summed E-state index contributed by atoms with van der Waals surface area (Å²) in [6.07, 6.45) is 3.58. The van der Waals surface area contributed by atoms with Crippen molar-refractivity contribution >= 4 is 28.9 Å². The van der Waals surface area contributed by atoms with Crippen LogP contribution in [0.2, 0.25) is 0 Å². The largest absolute Gasteiger partial charge is 0.371 e. The predicted octanol–water partition coefficient (Wildman–Crippen LogP) is 2.80. The number of hydrogen-bond donors (Lipinski definition) is 0. The van der Waals surface area contributed by atoms with Gasteiger partial charge in [0, 0.05) is 38.1 Å². The molecule has 98 valence electrons. The van der Waals surface area contributed by atoms with Crippen molar-refractivity contribution in [1.82, 2.24) is 9.97 Å². The topological polar surface area (TPSA) is 32.3 Å². The number of anilines is 3. The van der Waals surface area contributed by atoms with E-state index in [9.17, 15) is 0 Å². The zero-order valence-electron chi connectivity index (χ0n) is 10.8. The molecule has 0 N–H and O–H groups in total. The summed E-state index contributed by atoms with van der Waals surface area (Å²) in [5, 5.41) is 0. The second-order valence-electron chi connectivity index (χ2n) is 4.59. The average molecular weight is 275 g/mol. The van der Waals surface area contributed by atoms with Crippen LogP contribution in [0.5, 0.6) is 0 Å². The maximum absolute atomic E-state index is 5.76. The molecule has 1 aromatic carbocycles. The Morgan fingerprint density at radius 2 is 1.79 bits per heavy atom. The van der Waals surface area contributed by atoms with Gasteiger partial charge in [0.2, 0.25) is 5.95 Å². The van der Waals surface area contributed by atoms with E-state index >= 15 is 0 Å². The van der Waals surface area contributed by atoms with Crippen molar-refractivity contribution in [3.8, 4) is 0 Å². The van der Waals surface area contributed by atoms with Crippen LogP contribution in [-0.2, 0) is 5.88 Å². The van der Waals surface area contributed by atoms with Gasteiger partial charge in [-0.25, -0.2) is 9.97 Å². The van der Waals surface area contributed by atoms with E-state index in [1.807, 2.05) is 6.07 Å². The number of aromatic nitrogens is 2. The van der Waals surface area contributed by atoms with Gasteiger partial charge in [-0.05, 0) is 12.1 Å². The number of hydrogen-bond acceptors (Lipinski definition) is 4. The minimum Gasteiger partial charge on any atom is -0.371 e. The molecule has 0 amide bonds. The van der Waals surface area contributed by atoms with Gasteiger partial charge in [-0.1, -0.05) is 12.1 Å². The van der Waals surface area contributed by atoms with Gasteiger partial charge in [0.05, 0.1) is 17.3 Å². The van der Waals surface area contributed by atoms with Crippen molar-refractivity contribution in [3.63, 3.8) is 0 Å². The molecule has 0 radical (unpaired) electrons. The number of nitrogens with zero attached hydrogens (tertiary/aromatic N) is 4. The third kappa shape index (κ3) is 2.24. The first-order valence-electron chi connectivity index (χ1n) is 6.24. The molecule has 4 nitrogen and oxygen atoms in total. The summed E-state index contributed by atoms with van der Waals surface area (Å²) >= 11 is 5.76. The normalized spacial score (nSPS) is 14.4. The first-order valence-corrected chi connectivity index (χ1v) is 6.77. The van der Waals surface area contributed by atoms with Gasteiger partial charge in [-0.15, -0.1) is 11.6 Å². The van der Waals surface area contributed by atoms with Crippen molar-refractivity contribution in [2.24, 2.45) is 0 Å². The first-order chi connectivity index (χ1) is 9.29. The Kier molecular flexibility index (Phi) is 3.25. The van der Waals surface area contributed by atoms with Crippen LogP contribution in [-0.4, -0.2) is 30.1 Å². The third-order valence-electron chi connectivity index (χ3n) is 3.33. The summed E-state index contributed by atoms with van der Waals surface area (Å²) in [5.74, 6) is 1.17. The Bertz CT molecular complexity index is 570. The van der Waals surface area contributed by atoms with Gasteiger partial charge in [-0.2, -0.15) is 0 Å². The number of rotatable bonds is 2. The highest BCUT2D eigenvalue weighted by Gasteiger charge is 2.22. The summed E-state index contributed by atoms with van der Waals surface area (Å²) in [7, 11) is 2.10. The highest BCUT2D eigenvalue weighted by atomic mass is 35.5. The van der Waals surface area contributed by atoms with Gasteiger partial charge in [0.1, 0.15) is 0 Å². The van der Waals surface area contributed by atoms with Crippen molar-refractivity contribution in [2.45, 2.75) is 5.88 Å². The Balaban J connectivity index is 1.99. The number of alkyl halides is 1. The molecule has 0 bridgehead atoms. The SMILES string of the molecule is CN1CCN(c2ncc(CCl)cn2)c2ccccc21. The van der Waals surface area contributed by atoms with Crippen LogP contribution < -0.4 is 9.80 Å². The molecular weight excluding hydrogens is 260 g/mol. The van der Waals surface area contributed by atoms with Crippen molar-refractivity contribution in [2.75, 3.05) is 29.9 Å². The highest BCUT2D eigenvalue weighted by molar-refractivity contribution is 6.17. The third-order valence-corrected chi connectivity index (χ3v) is 3.64. The Morgan fingerprint density at radius 1 is 1.11 bits per heavy atom. The first kappa shape index (κ1) is 12.2. The molecule has 1 aliphatic heterocycles. The van der Waals surface area contributed by atoms with Crippen LogP contribution in [0.4, 0.5) is 17.3 Å². The molecule has 0 spiro atoms. The molecule has 2 heterocycles. The molecule has 0 atom stereocenters. The minimum atomic E-state index is 0.444. The van der Waals surface area contributed by atoms with Crippen molar-refractivity contribution in [3.05, 3.63) is 42.2 Å². The second kappa shape index (κ2) is 5.05. The smallest absolute Gasteiger partial charge is 0.229 e. The van der Waals surface area contributed by atoms with E-state index < -0.39 is 0 Å². The van der Waals surface area contributed by atoms with E-state index in [-0.39, 0.29) is 0 Å². The Hall–Kier alpha value is -1.81. The van der Waals surface area contributed by atoms with E-state index in [0.717, 1.165) is 30.3 Å². The summed E-state index contributed by atoms with van der Waals surface area (Å²) in [4.78, 5) is 13.2. The summed E-state index contributed by atoms with van der Waals surface area (Å²) < 4.78 is 0. The fraction of sp³-hybridized carbons (Fsp3) is 0.286. The fourth-order valence-corrected chi connectivity index (χ4v) is 2.41. The molecule has 0 aliphatic carbocycles. The summed E-state index contributed by atoms with van der Waals surface area (Å²) in [6, 6.07) is 8.31. The lowest BCUT2D eigenvalue weighted by atomic mass is 10.2. The molecule has 1 aromatic heterocycles. The molecular formula is C14H15ClN4. The van der Waals surface area contributed by atoms with E-state index in [1.165, 1.54) is 5.69 Å². The monoisotopic (exact) mass is 274 g/mol. The Morgan fingerprint density at radius 3 is 2.47 bits per heavy atom. The van der Waals surface area contributed by atoms with E-state index in [2.05, 4.69) is 45.0 Å². The van der Waals surface area contributed by atoms with Gasteiger partial charge >= 0.3 is 0 Å². The van der Waals surface area contributed by atoms with Crippen LogP contribution in [0.1, 0.15) is 5.56 Å². The highest BCUT2D eigenvalue weighted by Crippen LogP contribution is 2.34. The number of halogens is 1. The predicted molar refractivity (Wildman–Crippen MR) is 78.3 cm³/mol. The molecule has 5 heteroatoms. The van der Waals surface area contributed by atoms with Crippen molar-refractivity contribution in [1.29, 1.82) is 0 Å². The van der Waals surface area contributed by atoms with E-state index in [1.54, 1.807) is 12.4 Å². The van der Waals surface area contributed by atoms with Crippen LogP contribution in [0.15, 0.2) is 36.7 Å². The fourth-order valence-electron chi connectivity index (χ4n) is 2.27. The van der Waals surface area contributed by atoms with Crippen LogP contribution in [0.25, 0.3) is 0 Å². The lowest BCUT2D eigenvalue weighted by Gasteiger charge is -2.35. The Labute approximate surface area is 117 Å². The molecule has 0 fully saturated rings. The van der Waals surface area contributed by atoms with Gasteiger partial charge in [-0.3, -0.25) is 0 Å². The molecule has 2 aromatic rings. The number of para-hydroxylation sites is 2. The summed E-state index contributed by atoms with van der Waals surface area (Å²) in [6.45, 7) is 1.84. The number of benzene rings is 1. The standard InChI is InChI=1S/C14H15ClN4/c1-18-6-7-19(13-5-3-2-4-12(13)18)14-16-9-11(8-15)10-17-14/h2-5,9-10H,6-8H2,1H3. The van der Waals surface area contributed by atoms with Crippen LogP contribution >= 0.6 is 11.6 Å². The van der Waals surface area contributed by atoms with Gasteiger partial charge in [0.25, 0.3) is 0 Å². The summed E-state index contributed by atoms with van der Waals surface area (Å²) in [5.41, 5.74) is 3.29. The molecule has 0 saturated heterocycles. The van der Waals surface area contributed by atoms with Crippen molar-refractivity contribution < 1.29 is 0 Å². The lowest BCUT2D eigenvalue weighted by Crippen LogP contribution is -2.37. The maximum Gasteiger partial charge on any atom is 0.229 e. The molecule has 3 rings (SSSR count). The lowest BCUT2D eigenvalue weighted by molar-refractivity contribution is 0.800. The molecule has 0 saturated carbocycles. The molecule has 1 aliphatic rings. The minimum absolute atomic E-state index is 0.444. The van der Waals surface area contributed by atoms with Gasteiger partial charge < -0.3 is 9.80 Å². The van der Waals surface area contributed by atoms with Crippen LogP contribution in [0, 0.1) is 0 Å². The quantitative estimate of drug-likeness (QED) is 0.789. The second-order valence-corrected chi connectivity index (χ2v) is 4.85. The van der Waals surface area contributed by atoms with Crippen LogP contribution in [0.3, 0.4) is 0 Å². The number of likely N-dealkylation sites (N-methyl/N-ethyl adjacent to an activating group) is 1. The average Bonchev–Trinajstić information content (AvgIpc) is 2.48. The molecule has 0 unspecified atom stereocenters. The zero-order chi connectivity index (χ0) is 13.2. The van der Waals surface area contributed by atoms with Gasteiger partial charge in [0.15, 0.2) is 0 Å². The maximum atomic E-state index is 5.76. The van der Waals surface area contributed by atoms with E-state index in [0.29, 0.717) is 5.88 Å².